The molecule has 15 heavy (non-hydrogen) atoms. The first-order valence-electron chi connectivity index (χ1n) is 5.31. The Labute approximate surface area is 99.6 Å². The summed E-state index contributed by atoms with van der Waals surface area (Å²) in [6.07, 6.45) is 1.74. The third-order valence-electron chi connectivity index (χ3n) is 2.69. The molecule has 0 spiro atoms. The van der Waals surface area contributed by atoms with E-state index in [-0.39, 0.29) is 0 Å². The van der Waals surface area contributed by atoms with E-state index in [2.05, 4.69) is 22.9 Å². The van der Waals surface area contributed by atoms with Gasteiger partial charge in [-0.05, 0) is 48.6 Å². The second-order valence-electron chi connectivity index (χ2n) is 3.83. The maximum Gasteiger partial charge on any atom is 0.122 e. The van der Waals surface area contributed by atoms with Crippen molar-refractivity contribution >= 4 is 15.9 Å². The molecular weight excluding hydrogens is 254 g/mol. The van der Waals surface area contributed by atoms with Crippen LogP contribution in [0.1, 0.15) is 37.3 Å². The molecule has 0 bridgehead atoms. The van der Waals surface area contributed by atoms with Crippen LogP contribution in [0.4, 0.5) is 0 Å². The highest BCUT2D eigenvalue weighted by Crippen LogP contribution is 2.34. The van der Waals surface area contributed by atoms with Gasteiger partial charge in [0, 0.05) is 4.47 Å². The number of phenols is 1. The van der Waals surface area contributed by atoms with E-state index in [9.17, 15) is 5.11 Å². The molecule has 0 amide bonds. The minimum atomic E-state index is 0.304. The number of nitrogens with two attached hydrogens (primary N) is 1. The molecule has 0 aliphatic carbocycles. The van der Waals surface area contributed by atoms with E-state index in [0.717, 1.165) is 28.4 Å². The Kier molecular flexibility index (Phi) is 4.61. The minimum Gasteiger partial charge on any atom is -0.507 e. The highest BCUT2D eigenvalue weighted by Gasteiger charge is 2.13. The van der Waals surface area contributed by atoms with E-state index >= 15 is 0 Å². The number of benzene rings is 1. The molecule has 3 N–H and O–H groups in total. The molecule has 0 saturated carbocycles. The van der Waals surface area contributed by atoms with Crippen molar-refractivity contribution < 1.29 is 5.11 Å². The van der Waals surface area contributed by atoms with Gasteiger partial charge in [-0.1, -0.05) is 29.8 Å². The van der Waals surface area contributed by atoms with Crippen molar-refractivity contribution in [3.63, 3.8) is 0 Å². The lowest BCUT2D eigenvalue weighted by Crippen LogP contribution is -2.05. The lowest BCUT2D eigenvalue weighted by Gasteiger charge is -2.15. The Hall–Kier alpha value is -0.540. The Bertz CT molecular complexity index is 339. The first kappa shape index (κ1) is 12.5. The van der Waals surface area contributed by atoms with Crippen LogP contribution in [0.3, 0.4) is 0 Å². The van der Waals surface area contributed by atoms with Crippen LogP contribution < -0.4 is 5.73 Å². The molecule has 1 unspecified atom stereocenters. The van der Waals surface area contributed by atoms with E-state index in [1.165, 1.54) is 0 Å². The van der Waals surface area contributed by atoms with Gasteiger partial charge in [0.05, 0.1) is 0 Å². The summed E-state index contributed by atoms with van der Waals surface area (Å²) in [4.78, 5) is 0. The fourth-order valence-corrected chi connectivity index (χ4v) is 2.25. The standard InChI is InChI=1S/C12H18BrNO/c1-3-9-6-10(13)7-11(12(9)15)8(2)4-5-14/h6-8,15H,3-5,14H2,1-2H3. The molecule has 84 valence electrons. The van der Waals surface area contributed by atoms with E-state index in [0.29, 0.717) is 18.2 Å². The van der Waals surface area contributed by atoms with E-state index < -0.39 is 0 Å². The second-order valence-corrected chi connectivity index (χ2v) is 4.75. The minimum absolute atomic E-state index is 0.304. The summed E-state index contributed by atoms with van der Waals surface area (Å²) in [5.41, 5.74) is 7.51. The van der Waals surface area contributed by atoms with Gasteiger partial charge in [-0.2, -0.15) is 0 Å². The van der Waals surface area contributed by atoms with Crippen molar-refractivity contribution in [1.82, 2.24) is 0 Å². The number of hydrogen-bond acceptors (Lipinski definition) is 2. The van der Waals surface area contributed by atoms with E-state index in [1.54, 1.807) is 0 Å². The molecule has 0 fully saturated rings. The summed E-state index contributed by atoms with van der Waals surface area (Å²) in [5.74, 6) is 0.736. The molecule has 0 radical (unpaired) electrons. The number of rotatable bonds is 4. The lowest BCUT2D eigenvalue weighted by atomic mass is 9.94. The zero-order valence-electron chi connectivity index (χ0n) is 9.26. The van der Waals surface area contributed by atoms with E-state index in [1.807, 2.05) is 19.1 Å². The Morgan fingerprint density at radius 2 is 2.13 bits per heavy atom. The molecule has 0 aliphatic rings. The Morgan fingerprint density at radius 1 is 1.47 bits per heavy atom. The van der Waals surface area contributed by atoms with Gasteiger partial charge in [-0.3, -0.25) is 0 Å². The van der Waals surface area contributed by atoms with Crippen LogP contribution in [0.2, 0.25) is 0 Å². The van der Waals surface area contributed by atoms with Crippen LogP contribution in [0.25, 0.3) is 0 Å². The first-order chi connectivity index (χ1) is 7.10. The molecule has 2 nitrogen and oxygen atoms in total. The molecule has 0 aromatic heterocycles. The van der Waals surface area contributed by atoms with Crippen molar-refractivity contribution in [2.75, 3.05) is 6.54 Å². The average molecular weight is 272 g/mol. The van der Waals surface area contributed by atoms with Gasteiger partial charge in [-0.25, -0.2) is 0 Å². The van der Waals surface area contributed by atoms with Crippen molar-refractivity contribution in [2.24, 2.45) is 5.73 Å². The number of phenolic OH excluding ortho intramolecular Hbond substituents is 1. The number of halogens is 1. The summed E-state index contributed by atoms with van der Waals surface area (Å²) in [7, 11) is 0. The fraction of sp³-hybridized carbons (Fsp3) is 0.500. The van der Waals surface area contributed by atoms with Gasteiger partial charge in [0.15, 0.2) is 0 Å². The van der Waals surface area contributed by atoms with Crippen molar-refractivity contribution in [3.05, 3.63) is 27.7 Å². The summed E-state index contributed by atoms with van der Waals surface area (Å²) >= 11 is 3.47. The van der Waals surface area contributed by atoms with Crippen molar-refractivity contribution in [2.45, 2.75) is 32.6 Å². The quantitative estimate of drug-likeness (QED) is 0.884. The van der Waals surface area contributed by atoms with Crippen LogP contribution in [-0.2, 0) is 6.42 Å². The topological polar surface area (TPSA) is 46.2 Å². The number of hydrogen-bond donors (Lipinski definition) is 2. The van der Waals surface area contributed by atoms with Gasteiger partial charge < -0.3 is 10.8 Å². The van der Waals surface area contributed by atoms with Crippen molar-refractivity contribution in [1.29, 1.82) is 0 Å². The summed E-state index contributed by atoms with van der Waals surface area (Å²) in [5, 5.41) is 10.0. The lowest BCUT2D eigenvalue weighted by molar-refractivity contribution is 0.454. The maximum atomic E-state index is 10.0. The molecule has 0 saturated heterocycles. The third kappa shape index (κ3) is 2.95. The second kappa shape index (κ2) is 5.52. The monoisotopic (exact) mass is 271 g/mol. The average Bonchev–Trinajstić information content (AvgIpc) is 2.21. The molecular formula is C12H18BrNO. The number of aryl methyl sites for hydroxylation is 1. The molecule has 1 atom stereocenters. The van der Waals surface area contributed by atoms with Gasteiger partial charge in [-0.15, -0.1) is 0 Å². The van der Waals surface area contributed by atoms with Crippen LogP contribution in [-0.4, -0.2) is 11.7 Å². The predicted octanol–water partition coefficient (Wildman–Crippen LogP) is 3.17. The molecule has 0 aliphatic heterocycles. The smallest absolute Gasteiger partial charge is 0.122 e. The maximum absolute atomic E-state index is 10.0. The van der Waals surface area contributed by atoms with Gasteiger partial charge in [0.1, 0.15) is 5.75 Å². The summed E-state index contributed by atoms with van der Waals surface area (Å²) in [6.45, 7) is 4.78. The zero-order valence-corrected chi connectivity index (χ0v) is 10.8. The third-order valence-corrected chi connectivity index (χ3v) is 3.15. The van der Waals surface area contributed by atoms with Gasteiger partial charge in [0.2, 0.25) is 0 Å². The molecule has 0 heterocycles. The molecule has 3 heteroatoms. The van der Waals surface area contributed by atoms with Gasteiger partial charge >= 0.3 is 0 Å². The summed E-state index contributed by atoms with van der Waals surface area (Å²) < 4.78 is 1.02. The Morgan fingerprint density at radius 3 is 2.67 bits per heavy atom. The SMILES string of the molecule is CCc1cc(Br)cc(C(C)CCN)c1O. The van der Waals surface area contributed by atoms with E-state index in [4.69, 9.17) is 5.73 Å². The van der Waals surface area contributed by atoms with Crippen LogP contribution in [0.5, 0.6) is 5.75 Å². The van der Waals surface area contributed by atoms with Gasteiger partial charge in [0.25, 0.3) is 0 Å². The Balaban J connectivity index is 3.11. The highest BCUT2D eigenvalue weighted by atomic mass is 79.9. The highest BCUT2D eigenvalue weighted by molar-refractivity contribution is 9.10. The first-order valence-corrected chi connectivity index (χ1v) is 6.10. The summed E-state index contributed by atoms with van der Waals surface area (Å²) in [6, 6.07) is 3.95. The molecule has 1 aromatic carbocycles. The normalized spacial score (nSPS) is 12.8. The van der Waals surface area contributed by atoms with Crippen LogP contribution in [0.15, 0.2) is 16.6 Å². The number of aromatic hydroxyl groups is 1. The molecule has 1 rings (SSSR count). The van der Waals surface area contributed by atoms with Crippen LogP contribution >= 0.6 is 15.9 Å². The molecule has 1 aromatic rings. The largest absolute Gasteiger partial charge is 0.507 e. The van der Waals surface area contributed by atoms with Crippen LogP contribution in [0, 0.1) is 0 Å². The zero-order chi connectivity index (χ0) is 11.4. The van der Waals surface area contributed by atoms with Crippen molar-refractivity contribution in [3.8, 4) is 5.75 Å². The fourth-order valence-electron chi connectivity index (χ4n) is 1.73. The predicted molar refractivity (Wildman–Crippen MR) is 67.3 cm³/mol.